The molecule has 1 atom stereocenters. The summed E-state index contributed by atoms with van der Waals surface area (Å²) in [6.07, 6.45) is 1.92. The van der Waals surface area contributed by atoms with Crippen LogP contribution < -0.4 is 5.32 Å². The second-order valence-electron chi connectivity index (χ2n) is 5.22. The summed E-state index contributed by atoms with van der Waals surface area (Å²) in [6, 6.07) is 1.51. The van der Waals surface area contributed by atoms with E-state index >= 15 is 0 Å². The molecule has 2 N–H and O–H groups in total. The van der Waals surface area contributed by atoms with Crippen molar-refractivity contribution in [2.24, 2.45) is 7.05 Å². The third-order valence-electron chi connectivity index (χ3n) is 3.38. The molecule has 0 bridgehead atoms. The van der Waals surface area contributed by atoms with Gasteiger partial charge in [-0.25, -0.2) is 0 Å². The Bertz CT molecular complexity index is 547. The predicted octanol–water partition coefficient (Wildman–Crippen LogP) is 1.60. The smallest absolute Gasteiger partial charge is 0.305 e. The number of carbonyl (C=O) groups is 3. The van der Waals surface area contributed by atoms with Crippen molar-refractivity contribution in [1.29, 1.82) is 0 Å². The van der Waals surface area contributed by atoms with Gasteiger partial charge in [0.25, 0.3) is 5.91 Å². The molecule has 0 saturated heterocycles. The minimum atomic E-state index is -0.967. The van der Waals surface area contributed by atoms with Crippen LogP contribution in [0.3, 0.4) is 0 Å². The molecule has 6 nitrogen and oxygen atoms in total. The summed E-state index contributed by atoms with van der Waals surface area (Å²) < 4.78 is 1.56. The maximum atomic E-state index is 12.2. The first-order chi connectivity index (χ1) is 9.18. The zero-order valence-corrected chi connectivity index (χ0v) is 12.2. The van der Waals surface area contributed by atoms with E-state index in [2.05, 4.69) is 5.32 Å². The van der Waals surface area contributed by atoms with E-state index in [4.69, 9.17) is 5.11 Å². The summed E-state index contributed by atoms with van der Waals surface area (Å²) in [4.78, 5) is 34.4. The Morgan fingerprint density at radius 3 is 2.40 bits per heavy atom. The number of amides is 1. The van der Waals surface area contributed by atoms with Crippen molar-refractivity contribution in [1.82, 2.24) is 9.88 Å². The monoisotopic (exact) mass is 280 g/mol. The van der Waals surface area contributed by atoms with Gasteiger partial charge in [0, 0.05) is 24.3 Å². The SMILES string of the molecule is CC[C@](C)(CC(=O)O)NC(=O)c1cc(C(C)=O)cn1C. The Morgan fingerprint density at radius 1 is 1.40 bits per heavy atom. The number of carbonyl (C=O) groups excluding carboxylic acids is 2. The highest BCUT2D eigenvalue weighted by molar-refractivity contribution is 5.99. The Balaban J connectivity index is 2.95. The fourth-order valence-electron chi connectivity index (χ4n) is 1.91. The Hall–Kier alpha value is -2.11. The third kappa shape index (κ3) is 3.69. The molecule has 110 valence electrons. The van der Waals surface area contributed by atoms with Crippen LogP contribution in [0.1, 0.15) is 54.5 Å². The molecule has 0 radical (unpaired) electrons. The molecule has 0 fully saturated rings. The number of hydrogen-bond donors (Lipinski definition) is 2. The van der Waals surface area contributed by atoms with Gasteiger partial charge < -0.3 is 15.0 Å². The first-order valence-electron chi connectivity index (χ1n) is 6.40. The van der Waals surface area contributed by atoms with Crippen molar-refractivity contribution in [2.75, 3.05) is 0 Å². The van der Waals surface area contributed by atoms with E-state index in [9.17, 15) is 14.4 Å². The zero-order chi connectivity index (χ0) is 15.5. The van der Waals surface area contributed by atoms with Crippen molar-refractivity contribution in [2.45, 2.75) is 39.2 Å². The number of ketones is 1. The van der Waals surface area contributed by atoms with E-state index in [-0.39, 0.29) is 18.1 Å². The van der Waals surface area contributed by atoms with E-state index in [1.807, 2.05) is 6.92 Å². The summed E-state index contributed by atoms with van der Waals surface area (Å²) in [5.74, 6) is -1.47. The Kier molecular flexibility index (Phi) is 4.70. The lowest BCUT2D eigenvalue weighted by atomic mass is 9.94. The van der Waals surface area contributed by atoms with Gasteiger partial charge in [-0.15, -0.1) is 0 Å². The van der Waals surface area contributed by atoms with Crippen molar-refractivity contribution >= 4 is 17.7 Å². The van der Waals surface area contributed by atoms with Gasteiger partial charge in [-0.05, 0) is 26.3 Å². The van der Waals surface area contributed by atoms with Crippen LogP contribution in [0.5, 0.6) is 0 Å². The van der Waals surface area contributed by atoms with E-state index in [0.717, 1.165) is 0 Å². The van der Waals surface area contributed by atoms with Crippen molar-refractivity contribution < 1.29 is 19.5 Å². The minimum absolute atomic E-state index is 0.122. The number of nitrogens with one attached hydrogen (secondary N) is 1. The van der Waals surface area contributed by atoms with Crippen molar-refractivity contribution in [3.63, 3.8) is 0 Å². The van der Waals surface area contributed by atoms with Crippen LogP contribution in [-0.4, -0.2) is 32.9 Å². The number of carboxylic acid groups (broad SMARTS) is 1. The normalized spacial score (nSPS) is 13.6. The standard InChI is InChI=1S/C14H20N2O4/c1-5-14(3,7-12(18)19)15-13(20)11-6-10(9(2)17)8-16(11)4/h6,8H,5,7H2,1-4H3,(H,15,20)(H,18,19)/t14-/m1/s1. The van der Waals surface area contributed by atoms with E-state index in [1.54, 1.807) is 24.7 Å². The molecule has 0 saturated carbocycles. The lowest BCUT2D eigenvalue weighted by molar-refractivity contribution is -0.138. The van der Waals surface area contributed by atoms with Crippen LogP contribution in [0.2, 0.25) is 0 Å². The zero-order valence-electron chi connectivity index (χ0n) is 12.2. The number of aliphatic carboxylic acids is 1. The highest BCUT2D eigenvalue weighted by Gasteiger charge is 2.28. The summed E-state index contributed by atoms with van der Waals surface area (Å²) in [7, 11) is 1.67. The predicted molar refractivity (Wildman–Crippen MR) is 73.8 cm³/mol. The molecule has 1 aromatic heterocycles. The fraction of sp³-hybridized carbons (Fsp3) is 0.500. The molecule has 20 heavy (non-hydrogen) atoms. The molecular formula is C14H20N2O4. The number of aryl methyl sites for hydroxylation is 1. The number of nitrogens with zero attached hydrogens (tertiary/aromatic N) is 1. The average molecular weight is 280 g/mol. The largest absolute Gasteiger partial charge is 0.481 e. The number of carboxylic acids is 1. The van der Waals surface area contributed by atoms with Gasteiger partial charge in [-0.2, -0.15) is 0 Å². The second kappa shape index (κ2) is 5.90. The average Bonchev–Trinajstić information content (AvgIpc) is 2.70. The summed E-state index contributed by atoms with van der Waals surface area (Å²) in [5, 5.41) is 11.6. The highest BCUT2D eigenvalue weighted by Crippen LogP contribution is 2.16. The number of hydrogen-bond acceptors (Lipinski definition) is 3. The summed E-state index contributed by atoms with van der Waals surface area (Å²) in [5.41, 5.74) is -0.0295. The van der Waals surface area contributed by atoms with Crippen LogP contribution in [0, 0.1) is 0 Å². The van der Waals surface area contributed by atoms with Crippen molar-refractivity contribution in [3.8, 4) is 0 Å². The molecule has 1 heterocycles. The van der Waals surface area contributed by atoms with E-state index in [1.165, 1.54) is 13.0 Å². The molecule has 1 rings (SSSR count). The highest BCUT2D eigenvalue weighted by atomic mass is 16.4. The number of rotatable bonds is 6. The van der Waals surface area contributed by atoms with Gasteiger partial charge in [0.1, 0.15) is 5.69 Å². The molecule has 1 aromatic rings. The molecule has 6 heteroatoms. The van der Waals surface area contributed by atoms with Gasteiger partial charge in [0.15, 0.2) is 5.78 Å². The molecule has 0 spiro atoms. The van der Waals surface area contributed by atoms with E-state index in [0.29, 0.717) is 17.7 Å². The van der Waals surface area contributed by atoms with Crippen LogP contribution in [-0.2, 0) is 11.8 Å². The van der Waals surface area contributed by atoms with Gasteiger partial charge in [-0.3, -0.25) is 14.4 Å². The molecule has 0 aliphatic carbocycles. The Labute approximate surface area is 117 Å². The van der Waals surface area contributed by atoms with E-state index < -0.39 is 11.5 Å². The fourth-order valence-corrected chi connectivity index (χ4v) is 1.91. The topological polar surface area (TPSA) is 88.4 Å². The number of aromatic nitrogens is 1. The first-order valence-corrected chi connectivity index (χ1v) is 6.40. The molecule has 0 aliphatic rings. The maximum Gasteiger partial charge on any atom is 0.305 e. The summed E-state index contributed by atoms with van der Waals surface area (Å²) >= 11 is 0. The van der Waals surface area contributed by atoms with Gasteiger partial charge in [0.2, 0.25) is 0 Å². The molecule has 0 aromatic carbocycles. The lowest BCUT2D eigenvalue weighted by Crippen LogP contribution is -2.47. The molecular weight excluding hydrogens is 260 g/mol. The van der Waals surface area contributed by atoms with Gasteiger partial charge >= 0.3 is 5.97 Å². The van der Waals surface area contributed by atoms with Gasteiger partial charge in [0.05, 0.1) is 6.42 Å². The summed E-state index contributed by atoms with van der Waals surface area (Å²) in [6.45, 7) is 4.93. The lowest BCUT2D eigenvalue weighted by Gasteiger charge is -2.27. The van der Waals surface area contributed by atoms with Crippen LogP contribution >= 0.6 is 0 Å². The minimum Gasteiger partial charge on any atom is -0.481 e. The third-order valence-corrected chi connectivity index (χ3v) is 3.38. The van der Waals surface area contributed by atoms with Crippen LogP contribution in [0.25, 0.3) is 0 Å². The van der Waals surface area contributed by atoms with Gasteiger partial charge in [-0.1, -0.05) is 6.92 Å². The molecule has 1 amide bonds. The maximum absolute atomic E-state index is 12.2. The van der Waals surface area contributed by atoms with Crippen LogP contribution in [0.4, 0.5) is 0 Å². The van der Waals surface area contributed by atoms with Crippen LogP contribution in [0.15, 0.2) is 12.3 Å². The second-order valence-corrected chi connectivity index (χ2v) is 5.22. The first kappa shape index (κ1) is 15.9. The molecule has 0 unspecified atom stereocenters. The number of Topliss-reactive ketones (excluding diaryl/α,β-unsaturated/α-hetero) is 1. The van der Waals surface area contributed by atoms with Crippen molar-refractivity contribution in [3.05, 3.63) is 23.5 Å². The molecule has 0 aliphatic heterocycles. The quantitative estimate of drug-likeness (QED) is 0.775. The Morgan fingerprint density at radius 2 is 2.00 bits per heavy atom.